The predicted octanol–water partition coefficient (Wildman–Crippen LogP) is 5.82. The van der Waals surface area contributed by atoms with Crippen LogP contribution in [0, 0.1) is 6.92 Å². The Bertz CT molecular complexity index is 690. The van der Waals surface area contributed by atoms with Gasteiger partial charge < -0.3 is 5.32 Å². The van der Waals surface area contributed by atoms with Crippen molar-refractivity contribution >= 4 is 16.9 Å². The number of hydrogen-bond donors (Lipinski definition) is 1. The first-order chi connectivity index (χ1) is 9.95. The number of hydrogen-bond acceptors (Lipinski definition) is 1. The Balaban J connectivity index is 1.95. The Morgan fingerprint density at radius 3 is 2.29 bits per heavy atom. The van der Waals surface area contributed by atoms with E-state index < -0.39 is 0 Å². The molecule has 2 aromatic rings. The lowest BCUT2D eigenvalue weighted by Crippen LogP contribution is -2.21. The van der Waals surface area contributed by atoms with E-state index >= 15 is 0 Å². The molecule has 1 heteroatoms. The second-order valence-electron chi connectivity index (χ2n) is 6.73. The molecule has 108 valence electrons. The van der Waals surface area contributed by atoms with Gasteiger partial charge in [0.05, 0.1) is 0 Å². The van der Waals surface area contributed by atoms with E-state index in [2.05, 4.69) is 81.6 Å². The zero-order valence-corrected chi connectivity index (χ0v) is 13.3. The van der Waals surface area contributed by atoms with Gasteiger partial charge in [-0.3, -0.25) is 0 Å². The van der Waals surface area contributed by atoms with Crippen LogP contribution >= 0.6 is 0 Å². The van der Waals surface area contributed by atoms with Crippen molar-refractivity contribution in [3.05, 3.63) is 65.2 Å². The second kappa shape index (κ2) is 5.07. The fraction of sp³-hybridized carbons (Fsp3) is 0.300. The first-order valence-corrected chi connectivity index (χ1v) is 7.61. The van der Waals surface area contributed by atoms with Crippen molar-refractivity contribution in [3.8, 4) is 0 Å². The molecule has 0 saturated carbocycles. The van der Waals surface area contributed by atoms with Gasteiger partial charge in [0.1, 0.15) is 0 Å². The maximum Gasteiger partial charge on any atom is 0.0387 e. The molecule has 0 aromatic heterocycles. The molecule has 0 fully saturated rings. The number of fused-ring (bicyclic) bond motifs is 1. The van der Waals surface area contributed by atoms with Crippen molar-refractivity contribution in [2.24, 2.45) is 0 Å². The normalized spacial score (nSPS) is 16.1. The van der Waals surface area contributed by atoms with Crippen molar-refractivity contribution < 1.29 is 0 Å². The average molecular weight is 277 g/mol. The molecular weight excluding hydrogens is 254 g/mol. The number of aryl methyl sites for hydroxylation is 1. The van der Waals surface area contributed by atoms with Crippen LogP contribution < -0.4 is 5.32 Å². The number of nitrogens with one attached hydrogen (secondary N) is 1. The summed E-state index contributed by atoms with van der Waals surface area (Å²) in [7, 11) is 0. The van der Waals surface area contributed by atoms with Crippen LogP contribution in [-0.2, 0) is 5.41 Å². The van der Waals surface area contributed by atoms with Crippen molar-refractivity contribution in [2.75, 3.05) is 5.32 Å². The van der Waals surface area contributed by atoms with Crippen molar-refractivity contribution in [2.45, 2.75) is 39.5 Å². The number of rotatable bonds is 2. The van der Waals surface area contributed by atoms with Crippen molar-refractivity contribution in [1.82, 2.24) is 0 Å². The van der Waals surface area contributed by atoms with Crippen LogP contribution in [0.3, 0.4) is 0 Å². The molecule has 0 spiro atoms. The van der Waals surface area contributed by atoms with Crippen LogP contribution in [0.4, 0.5) is 11.4 Å². The summed E-state index contributed by atoms with van der Waals surface area (Å²) < 4.78 is 0. The summed E-state index contributed by atoms with van der Waals surface area (Å²) in [6, 6.07) is 15.3. The zero-order valence-electron chi connectivity index (χ0n) is 13.3. The van der Waals surface area contributed by atoms with Gasteiger partial charge in [-0.25, -0.2) is 0 Å². The molecule has 3 rings (SSSR count). The zero-order chi connectivity index (χ0) is 15.0. The fourth-order valence-corrected chi connectivity index (χ4v) is 2.96. The van der Waals surface area contributed by atoms with Crippen LogP contribution in [0.15, 0.2) is 48.5 Å². The second-order valence-corrected chi connectivity index (χ2v) is 6.73. The minimum Gasteiger partial charge on any atom is -0.356 e. The van der Waals surface area contributed by atoms with Crippen molar-refractivity contribution in [1.29, 1.82) is 0 Å². The lowest BCUT2D eigenvalue weighted by molar-refractivity contribution is 0.527. The highest BCUT2D eigenvalue weighted by molar-refractivity contribution is 5.74. The minimum absolute atomic E-state index is 0.208. The van der Waals surface area contributed by atoms with E-state index in [9.17, 15) is 0 Å². The van der Waals surface area contributed by atoms with Crippen LogP contribution in [0.25, 0.3) is 5.57 Å². The summed E-state index contributed by atoms with van der Waals surface area (Å²) in [5.41, 5.74) is 8.03. The van der Waals surface area contributed by atoms with Gasteiger partial charge in [0, 0.05) is 11.4 Å². The smallest absolute Gasteiger partial charge is 0.0387 e. The molecular formula is C20H23N. The van der Waals surface area contributed by atoms with E-state index in [1.807, 2.05) is 0 Å². The van der Waals surface area contributed by atoms with E-state index in [0.717, 1.165) is 12.1 Å². The summed E-state index contributed by atoms with van der Waals surface area (Å²) in [4.78, 5) is 0. The Labute approximate surface area is 127 Å². The number of anilines is 2. The van der Waals surface area contributed by atoms with Gasteiger partial charge in [-0.05, 0) is 66.6 Å². The average Bonchev–Trinajstić information content (AvgIpc) is 2.46. The van der Waals surface area contributed by atoms with E-state index in [1.165, 1.54) is 28.0 Å². The lowest BCUT2D eigenvalue weighted by Gasteiger charge is -2.31. The van der Waals surface area contributed by atoms with Gasteiger partial charge in [0.2, 0.25) is 0 Å². The van der Waals surface area contributed by atoms with Crippen LogP contribution in [0.1, 0.15) is 43.9 Å². The Morgan fingerprint density at radius 1 is 0.905 bits per heavy atom. The Hall–Kier alpha value is -2.02. The first-order valence-electron chi connectivity index (χ1n) is 7.61. The van der Waals surface area contributed by atoms with Crippen LogP contribution in [0.5, 0.6) is 0 Å². The summed E-state index contributed by atoms with van der Waals surface area (Å²) in [5, 5.41) is 3.51. The van der Waals surface area contributed by atoms with Crippen LogP contribution in [0.2, 0.25) is 0 Å². The fourth-order valence-electron chi connectivity index (χ4n) is 2.96. The number of allylic oxidation sites excluding steroid dienone is 2. The topological polar surface area (TPSA) is 12.0 Å². The molecule has 0 atom stereocenters. The molecule has 0 aliphatic heterocycles. The molecule has 1 aliphatic carbocycles. The maximum absolute atomic E-state index is 3.51. The monoisotopic (exact) mass is 277 g/mol. The molecule has 0 bridgehead atoms. The highest BCUT2D eigenvalue weighted by atomic mass is 14.9. The van der Waals surface area contributed by atoms with Gasteiger partial charge in [-0.1, -0.05) is 43.7 Å². The molecule has 0 heterocycles. The summed E-state index contributed by atoms with van der Waals surface area (Å²) in [6.07, 6.45) is 3.47. The largest absolute Gasteiger partial charge is 0.356 e. The van der Waals surface area contributed by atoms with Crippen LogP contribution in [-0.4, -0.2) is 0 Å². The first kappa shape index (κ1) is 13.9. The molecule has 1 nitrogen and oxygen atoms in total. The van der Waals surface area contributed by atoms with Gasteiger partial charge in [0.25, 0.3) is 0 Å². The third-order valence-electron chi connectivity index (χ3n) is 4.43. The molecule has 21 heavy (non-hydrogen) atoms. The standard InChI is InChI=1S/C20H23N/c1-14-5-7-16(8-6-14)21-17-9-10-18-15(2)11-12-20(3,4)19(18)13-17/h5-11,13,21H,12H2,1-4H3. The molecule has 0 radical (unpaired) electrons. The molecule has 1 aliphatic rings. The summed E-state index contributed by atoms with van der Waals surface area (Å²) >= 11 is 0. The van der Waals surface area contributed by atoms with E-state index in [-0.39, 0.29) is 5.41 Å². The molecule has 0 unspecified atom stereocenters. The van der Waals surface area contributed by atoms with Crippen molar-refractivity contribution in [3.63, 3.8) is 0 Å². The Kier molecular flexibility index (Phi) is 3.36. The van der Waals surface area contributed by atoms with Gasteiger partial charge in [-0.15, -0.1) is 0 Å². The molecule has 1 N–H and O–H groups in total. The Morgan fingerprint density at radius 2 is 1.57 bits per heavy atom. The van der Waals surface area contributed by atoms with E-state index in [4.69, 9.17) is 0 Å². The molecule has 0 saturated heterocycles. The SMILES string of the molecule is CC1=CCC(C)(C)c2cc(Nc3ccc(C)cc3)ccc21. The molecule has 2 aromatic carbocycles. The van der Waals surface area contributed by atoms with E-state index in [1.54, 1.807) is 0 Å². The summed E-state index contributed by atoms with van der Waals surface area (Å²) in [6.45, 7) is 8.97. The highest BCUT2D eigenvalue weighted by Crippen LogP contribution is 2.40. The van der Waals surface area contributed by atoms with Gasteiger partial charge >= 0.3 is 0 Å². The lowest BCUT2D eigenvalue weighted by atomic mass is 9.73. The quantitative estimate of drug-likeness (QED) is 0.729. The van der Waals surface area contributed by atoms with Gasteiger partial charge in [-0.2, -0.15) is 0 Å². The highest BCUT2D eigenvalue weighted by Gasteiger charge is 2.26. The van der Waals surface area contributed by atoms with E-state index in [0.29, 0.717) is 0 Å². The van der Waals surface area contributed by atoms with Gasteiger partial charge in [0.15, 0.2) is 0 Å². The minimum atomic E-state index is 0.208. The third kappa shape index (κ3) is 2.73. The molecule has 0 amide bonds. The number of benzene rings is 2. The maximum atomic E-state index is 3.51. The third-order valence-corrected chi connectivity index (χ3v) is 4.43. The summed E-state index contributed by atoms with van der Waals surface area (Å²) in [5.74, 6) is 0. The predicted molar refractivity (Wildman–Crippen MR) is 92.2 cm³/mol.